The van der Waals surface area contributed by atoms with E-state index in [4.69, 9.17) is 0 Å². The monoisotopic (exact) mass is 325 g/mol. The van der Waals surface area contributed by atoms with Gasteiger partial charge in [-0.1, -0.05) is 22.0 Å². The molecule has 0 aliphatic heterocycles. The molecule has 0 aliphatic carbocycles. The zero-order valence-electron chi connectivity index (χ0n) is 8.83. The SMILES string of the molecule is O=C(CCBr)c1c([N+](=O)[O-])cccc1C(F)(F)F. The van der Waals surface area contributed by atoms with Gasteiger partial charge in [0.2, 0.25) is 0 Å². The van der Waals surface area contributed by atoms with Gasteiger partial charge in [0.25, 0.3) is 5.69 Å². The standard InChI is InChI=1S/C10H7BrF3NO3/c11-5-4-8(16)9-6(10(12,13)14)2-1-3-7(9)15(17)18/h1-3H,4-5H2. The highest BCUT2D eigenvalue weighted by molar-refractivity contribution is 9.09. The minimum Gasteiger partial charge on any atom is -0.294 e. The van der Waals surface area contributed by atoms with Crippen LogP contribution in [0.15, 0.2) is 18.2 Å². The van der Waals surface area contributed by atoms with Gasteiger partial charge in [0, 0.05) is 17.8 Å². The fourth-order valence-electron chi connectivity index (χ4n) is 1.43. The van der Waals surface area contributed by atoms with E-state index in [1.807, 2.05) is 0 Å². The van der Waals surface area contributed by atoms with Crippen LogP contribution in [-0.4, -0.2) is 16.0 Å². The third-order valence-electron chi connectivity index (χ3n) is 2.14. The highest BCUT2D eigenvalue weighted by atomic mass is 79.9. The van der Waals surface area contributed by atoms with E-state index in [0.29, 0.717) is 6.07 Å². The molecule has 0 atom stereocenters. The van der Waals surface area contributed by atoms with Crippen LogP contribution in [0.25, 0.3) is 0 Å². The van der Waals surface area contributed by atoms with Gasteiger partial charge in [-0.2, -0.15) is 13.2 Å². The molecule has 1 aromatic carbocycles. The molecule has 0 amide bonds. The number of nitro groups is 1. The van der Waals surface area contributed by atoms with Gasteiger partial charge in [0.05, 0.1) is 10.5 Å². The first-order chi connectivity index (χ1) is 8.29. The zero-order chi connectivity index (χ0) is 13.9. The Morgan fingerprint density at radius 2 is 2.00 bits per heavy atom. The van der Waals surface area contributed by atoms with E-state index in [1.54, 1.807) is 0 Å². The van der Waals surface area contributed by atoms with Crippen LogP contribution in [0.4, 0.5) is 18.9 Å². The number of alkyl halides is 4. The Kier molecular flexibility index (Phi) is 4.44. The second-order valence-electron chi connectivity index (χ2n) is 3.32. The molecule has 0 heterocycles. The molecule has 0 aliphatic rings. The molecule has 0 unspecified atom stereocenters. The lowest BCUT2D eigenvalue weighted by atomic mass is 9.99. The number of ketones is 1. The van der Waals surface area contributed by atoms with E-state index in [1.165, 1.54) is 0 Å². The van der Waals surface area contributed by atoms with E-state index in [-0.39, 0.29) is 11.8 Å². The quantitative estimate of drug-likeness (QED) is 0.368. The summed E-state index contributed by atoms with van der Waals surface area (Å²) >= 11 is 2.91. The molecule has 4 nitrogen and oxygen atoms in total. The summed E-state index contributed by atoms with van der Waals surface area (Å²) in [6.45, 7) is 0. The topological polar surface area (TPSA) is 60.2 Å². The summed E-state index contributed by atoms with van der Waals surface area (Å²) in [6, 6.07) is 2.46. The van der Waals surface area contributed by atoms with Crippen molar-refractivity contribution in [3.63, 3.8) is 0 Å². The average molecular weight is 326 g/mol. The third kappa shape index (κ3) is 3.06. The lowest BCUT2D eigenvalue weighted by Gasteiger charge is -2.11. The van der Waals surface area contributed by atoms with Crippen molar-refractivity contribution in [1.82, 2.24) is 0 Å². The molecule has 1 rings (SSSR count). The molecule has 0 aromatic heterocycles. The number of rotatable bonds is 4. The predicted molar refractivity (Wildman–Crippen MR) is 60.8 cm³/mol. The number of Topliss-reactive ketones (excluding diaryl/α,β-unsaturated/α-hetero) is 1. The fraction of sp³-hybridized carbons (Fsp3) is 0.300. The van der Waals surface area contributed by atoms with Crippen molar-refractivity contribution in [2.24, 2.45) is 0 Å². The number of halogens is 4. The Balaban J connectivity index is 3.49. The summed E-state index contributed by atoms with van der Waals surface area (Å²) in [5.41, 5.74) is -2.98. The molecule has 0 saturated heterocycles. The molecule has 8 heteroatoms. The number of nitro benzene ring substituents is 1. The van der Waals surface area contributed by atoms with Gasteiger partial charge in [-0.05, 0) is 6.07 Å². The summed E-state index contributed by atoms with van der Waals surface area (Å²) in [4.78, 5) is 21.3. The van der Waals surface area contributed by atoms with Crippen LogP contribution in [-0.2, 0) is 6.18 Å². The minimum atomic E-state index is -4.80. The summed E-state index contributed by atoms with van der Waals surface area (Å²) in [7, 11) is 0. The van der Waals surface area contributed by atoms with Gasteiger partial charge in [-0.25, -0.2) is 0 Å². The summed E-state index contributed by atoms with van der Waals surface area (Å²) in [5, 5.41) is 10.8. The molecule has 0 N–H and O–H groups in total. The number of carbonyl (C=O) groups excluding carboxylic acids is 1. The Morgan fingerprint density at radius 1 is 1.39 bits per heavy atom. The van der Waals surface area contributed by atoms with Gasteiger partial charge >= 0.3 is 6.18 Å². The van der Waals surface area contributed by atoms with Crippen molar-refractivity contribution < 1.29 is 22.9 Å². The van der Waals surface area contributed by atoms with Crippen molar-refractivity contribution in [2.75, 3.05) is 5.33 Å². The first kappa shape index (κ1) is 14.6. The Bertz CT molecular complexity index is 488. The fourth-order valence-corrected chi connectivity index (χ4v) is 1.79. The Labute approximate surface area is 108 Å². The normalized spacial score (nSPS) is 11.3. The van der Waals surface area contributed by atoms with Crippen molar-refractivity contribution in [1.29, 1.82) is 0 Å². The number of benzene rings is 1. The van der Waals surface area contributed by atoms with Crippen molar-refractivity contribution in [3.05, 3.63) is 39.4 Å². The van der Waals surface area contributed by atoms with Gasteiger partial charge in [-0.3, -0.25) is 14.9 Å². The summed E-state index contributed by atoms with van der Waals surface area (Å²) in [6.07, 6.45) is -5.04. The Morgan fingerprint density at radius 3 is 2.44 bits per heavy atom. The van der Waals surface area contributed by atoms with E-state index in [0.717, 1.165) is 12.1 Å². The lowest BCUT2D eigenvalue weighted by molar-refractivity contribution is -0.385. The predicted octanol–water partition coefficient (Wildman–Crippen LogP) is 3.58. The second-order valence-corrected chi connectivity index (χ2v) is 4.11. The molecule has 18 heavy (non-hydrogen) atoms. The van der Waals surface area contributed by atoms with Crippen molar-refractivity contribution in [2.45, 2.75) is 12.6 Å². The molecule has 1 aromatic rings. The summed E-state index contributed by atoms with van der Waals surface area (Å²) in [5.74, 6) is -0.911. The first-order valence-corrected chi connectivity index (χ1v) is 5.85. The molecule has 0 fully saturated rings. The number of nitrogens with zero attached hydrogens (tertiary/aromatic N) is 1. The highest BCUT2D eigenvalue weighted by Gasteiger charge is 2.38. The molecule has 0 saturated carbocycles. The molecule has 0 radical (unpaired) electrons. The van der Waals surface area contributed by atoms with Crippen LogP contribution >= 0.6 is 15.9 Å². The lowest BCUT2D eigenvalue weighted by Crippen LogP contribution is -2.15. The average Bonchev–Trinajstić information content (AvgIpc) is 2.27. The molecular weight excluding hydrogens is 319 g/mol. The highest BCUT2D eigenvalue weighted by Crippen LogP contribution is 2.36. The van der Waals surface area contributed by atoms with Gasteiger partial charge < -0.3 is 0 Å². The van der Waals surface area contributed by atoms with Crippen LogP contribution < -0.4 is 0 Å². The first-order valence-electron chi connectivity index (χ1n) is 4.72. The van der Waals surface area contributed by atoms with E-state index < -0.39 is 33.7 Å². The number of hydrogen-bond donors (Lipinski definition) is 0. The third-order valence-corrected chi connectivity index (χ3v) is 2.54. The smallest absolute Gasteiger partial charge is 0.294 e. The number of carbonyl (C=O) groups is 1. The maximum absolute atomic E-state index is 12.7. The molecular formula is C10H7BrF3NO3. The second kappa shape index (κ2) is 5.47. The molecule has 0 spiro atoms. The van der Waals surface area contributed by atoms with Crippen LogP contribution in [0.5, 0.6) is 0 Å². The zero-order valence-corrected chi connectivity index (χ0v) is 10.4. The van der Waals surface area contributed by atoms with Gasteiger partial charge in [-0.15, -0.1) is 0 Å². The maximum Gasteiger partial charge on any atom is 0.417 e. The largest absolute Gasteiger partial charge is 0.417 e. The van der Waals surface area contributed by atoms with Crippen LogP contribution in [0.2, 0.25) is 0 Å². The van der Waals surface area contributed by atoms with Gasteiger partial charge in [0.15, 0.2) is 5.78 Å². The van der Waals surface area contributed by atoms with E-state index in [2.05, 4.69) is 15.9 Å². The Hall–Kier alpha value is -1.44. The van der Waals surface area contributed by atoms with Crippen LogP contribution in [0.1, 0.15) is 22.3 Å². The van der Waals surface area contributed by atoms with E-state index >= 15 is 0 Å². The number of hydrogen-bond acceptors (Lipinski definition) is 3. The van der Waals surface area contributed by atoms with Crippen LogP contribution in [0.3, 0.4) is 0 Å². The minimum absolute atomic E-state index is 0.134. The summed E-state index contributed by atoms with van der Waals surface area (Å²) < 4.78 is 38.1. The van der Waals surface area contributed by atoms with Crippen molar-refractivity contribution >= 4 is 27.4 Å². The van der Waals surface area contributed by atoms with Crippen LogP contribution in [0, 0.1) is 10.1 Å². The maximum atomic E-state index is 12.7. The van der Waals surface area contributed by atoms with Crippen molar-refractivity contribution in [3.8, 4) is 0 Å². The molecule has 0 bridgehead atoms. The van der Waals surface area contributed by atoms with Gasteiger partial charge in [0.1, 0.15) is 5.56 Å². The molecule has 98 valence electrons. The van der Waals surface area contributed by atoms with E-state index in [9.17, 15) is 28.1 Å².